The molecule has 1 aromatic carbocycles. The molecule has 2 aromatic rings. The third kappa shape index (κ3) is 2.68. The molecule has 1 atom stereocenters. The number of carbonyl (C=O) groups is 1. The number of para-hydroxylation sites is 1. The molecule has 0 aliphatic heterocycles. The van der Waals surface area contributed by atoms with E-state index >= 15 is 0 Å². The van der Waals surface area contributed by atoms with Crippen molar-refractivity contribution in [2.75, 3.05) is 7.05 Å². The van der Waals surface area contributed by atoms with Crippen LogP contribution in [-0.2, 0) is 11.3 Å². The van der Waals surface area contributed by atoms with Gasteiger partial charge >= 0.3 is 0 Å². The highest BCUT2D eigenvalue weighted by Crippen LogP contribution is 2.22. The molecule has 0 bridgehead atoms. The van der Waals surface area contributed by atoms with Crippen LogP contribution in [0.25, 0.3) is 10.2 Å². The Labute approximate surface area is 110 Å². The first kappa shape index (κ1) is 13.0. The molecule has 1 amide bonds. The van der Waals surface area contributed by atoms with Crippen LogP contribution >= 0.6 is 11.3 Å². The number of likely N-dealkylation sites (N-methyl/N-ethyl adjacent to an activating group) is 1. The molecule has 4 nitrogen and oxygen atoms in total. The second-order valence-corrected chi connectivity index (χ2v) is 5.40. The topological polar surface area (TPSA) is 59.2 Å². The van der Waals surface area contributed by atoms with Crippen LogP contribution in [0.15, 0.2) is 24.3 Å². The Hall–Kier alpha value is -1.46. The van der Waals surface area contributed by atoms with Crippen molar-refractivity contribution >= 4 is 27.5 Å². The second-order valence-electron chi connectivity index (χ2n) is 4.28. The zero-order valence-electron chi connectivity index (χ0n) is 10.6. The Bertz CT molecular complexity index is 519. The molecule has 96 valence electrons. The summed E-state index contributed by atoms with van der Waals surface area (Å²) in [6.45, 7) is 2.43. The van der Waals surface area contributed by atoms with Crippen LogP contribution in [-0.4, -0.2) is 28.9 Å². The Kier molecular flexibility index (Phi) is 3.93. The van der Waals surface area contributed by atoms with Crippen LogP contribution in [0.4, 0.5) is 0 Å². The van der Waals surface area contributed by atoms with Gasteiger partial charge in [-0.25, -0.2) is 4.98 Å². The summed E-state index contributed by atoms with van der Waals surface area (Å²) < 4.78 is 1.15. The molecule has 0 saturated carbocycles. The number of hydrogen-bond donors (Lipinski definition) is 1. The summed E-state index contributed by atoms with van der Waals surface area (Å²) in [5.74, 6) is -0.0308. The van der Waals surface area contributed by atoms with E-state index in [0.717, 1.165) is 15.2 Å². The number of hydrogen-bond acceptors (Lipinski definition) is 4. The van der Waals surface area contributed by atoms with Crippen LogP contribution in [0, 0.1) is 0 Å². The van der Waals surface area contributed by atoms with Gasteiger partial charge in [-0.1, -0.05) is 19.1 Å². The summed E-state index contributed by atoms with van der Waals surface area (Å²) in [4.78, 5) is 18.0. The maximum Gasteiger partial charge on any atom is 0.239 e. The summed E-state index contributed by atoms with van der Waals surface area (Å²) in [5.41, 5.74) is 6.72. The first-order chi connectivity index (χ1) is 8.61. The van der Waals surface area contributed by atoms with Crippen molar-refractivity contribution in [3.63, 3.8) is 0 Å². The number of aromatic nitrogens is 1. The number of fused-ring (bicyclic) bond motifs is 1. The summed E-state index contributed by atoms with van der Waals surface area (Å²) >= 11 is 1.62. The third-order valence-corrected chi connectivity index (χ3v) is 3.87. The molecule has 5 heteroatoms. The Balaban J connectivity index is 2.11. The number of thiazole rings is 1. The van der Waals surface area contributed by atoms with Gasteiger partial charge in [-0.05, 0) is 18.6 Å². The lowest BCUT2D eigenvalue weighted by Gasteiger charge is -2.19. The Morgan fingerprint density at radius 3 is 2.89 bits per heavy atom. The van der Waals surface area contributed by atoms with Gasteiger partial charge in [0.2, 0.25) is 5.91 Å². The highest BCUT2D eigenvalue weighted by atomic mass is 32.1. The van der Waals surface area contributed by atoms with Crippen molar-refractivity contribution in [3.05, 3.63) is 29.3 Å². The van der Waals surface area contributed by atoms with Crippen LogP contribution in [0.3, 0.4) is 0 Å². The first-order valence-electron chi connectivity index (χ1n) is 5.96. The summed E-state index contributed by atoms with van der Waals surface area (Å²) in [6.07, 6.45) is 0.656. The summed E-state index contributed by atoms with van der Waals surface area (Å²) in [6, 6.07) is 7.56. The molecule has 0 radical (unpaired) electrons. The monoisotopic (exact) mass is 263 g/mol. The fourth-order valence-corrected chi connectivity index (χ4v) is 2.75. The van der Waals surface area contributed by atoms with Gasteiger partial charge in [0.15, 0.2) is 0 Å². The molecule has 0 unspecified atom stereocenters. The van der Waals surface area contributed by atoms with Gasteiger partial charge in [0.1, 0.15) is 5.01 Å². The number of carbonyl (C=O) groups excluding carboxylic acids is 1. The number of rotatable bonds is 4. The largest absolute Gasteiger partial charge is 0.338 e. The van der Waals surface area contributed by atoms with Crippen molar-refractivity contribution in [2.45, 2.75) is 25.9 Å². The lowest BCUT2D eigenvalue weighted by atomic mass is 10.2. The fraction of sp³-hybridized carbons (Fsp3) is 0.385. The van der Waals surface area contributed by atoms with E-state index < -0.39 is 6.04 Å². The number of nitrogens with two attached hydrogens (primary N) is 1. The van der Waals surface area contributed by atoms with E-state index in [9.17, 15) is 4.79 Å². The van der Waals surface area contributed by atoms with Crippen molar-refractivity contribution in [1.82, 2.24) is 9.88 Å². The van der Waals surface area contributed by atoms with Gasteiger partial charge in [0.25, 0.3) is 0 Å². The molecule has 0 saturated heterocycles. The average molecular weight is 263 g/mol. The number of nitrogens with zero attached hydrogens (tertiary/aromatic N) is 2. The Morgan fingerprint density at radius 2 is 2.22 bits per heavy atom. The molecule has 0 spiro atoms. The SMILES string of the molecule is CC[C@@H](N)C(=O)N(C)Cc1nc2ccccc2s1. The van der Waals surface area contributed by atoms with Crippen LogP contribution in [0.5, 0.6) is 0 Å². The van der Waals surface area contributed by atoms with Gasteiger partial charge in [0, 0.05) is 7.05 Å². The average Bonchev–Trinajstić information content (AvgIpc) is 2.78. The smallest absolute Gasteiger partial charge is 0.239 e. The minimum absolute atomic E-state index is 0.0308. The lowest BCUT2D eigenvalue weighted by Crippen LogP contribution is -2.40. The molecule has 18 heavy (non-hydrogen) atoms. The van der Waals surface area contributed by atoms with Crippen molar-refractivity contribution in [1.29, 1.82) is 0 Å². The van der Waals surface area contributed by atoms with Crippen molar-refractivity contribution in [2.24, 2.45) is 5.73 Å². The van der Waals surface area contributed by atoms with Crippen molar-refractivity contribution in [3.8, 4) is 0 Å². The van der Waals surface area contributed by atoms with Crippen LogP contribution in [0.1, 0.15) is 18.4 Å². The van der Waals surface area contributed by atoms with Gasteiger partial charge in [0.05, 0.1) is 22.8 Å². The number of amides is 1. The Morgan fingerprint density at radius 1 is 1.50 bits per heavy atom. The predicted octanol–water partition coefficient (Wildman–Crippen LogP) is 1.99. The van der Waals surface area contributed by atoms with E-state index in [-0.39, 0.29) is 5.91 Å². The number of benzene rings is 1. The van der Waals surface area contributed by atoms with Crippen molar-refractivity contribution < 1.29 is 4.79 Å². The molecule has 0 aliphatic carbocycles. The maximum absolute atomic E-state index is 11.9. The normalized spacial score (nSPS) is 12.6. The van der Waals surface area contributed by atoms with E-state index in [2.05, 4.69) is 4.98 Å². The molecule has 2 rings (SSSR count). The molecule has 0 aliphatic rings. The van der Waals surface area contributed by atoms with E-state index in [4.69, 9.17) is 5.73 Å². The van der Waals surface area contributed by atoms with Gasteiger partial charge in [-0.2, -0.15) is 0 Å². The van der Waals surface area contributed by atoms with Gasteiger partial charge < -0.3 is 10.6 Å². The molecule has 1 heterocycles. The quantitative estimate of drug-likeness (QED) is 0.917. The van der Waals surface area contributed by atoms with E-state index in [0.29, 0.717) is 13.0 Å². The second kappa shape index (κ2) is 5.46. The minimum Gasteiger partial charge on any atom is -0.338 e. The summed E-state index contributed by atoms with van der Waals surface area (Å²) in [7, 11) is 1.77. The first-order valence-corrected chi connectivity index (χ1v) is 6.78. The highest BCUT2D eigenvalue weighted by molar-refractivity contribution is 7.18. The maximum atomic E-state index is 11.9. The van der Waals surface area contributed by atoms with E-state index in [1.54, 1.807) is 23.3 Å². The standard InChI is InChI=1S/C13H17N3OS/c1-3-9(14)13(17)16(2)8-12-15-10-6-4-5-7-11(10)18-12/h4-7,9H,3,8,14H2,1-2H3/t9-/m1/s1. The lowest BCUT2D eigenvalue weighted by molar-refractivity contribution is -0.131. The zero-order chi connectivity index (χ0) is 13.1. The van der Waals surface area contributed by atoms with Crippen LogP contribution < -0.4 is 5.73 Å². The van der Waals surface area contributed by atoms with E-state index in [1.807, 2.05) is 31.2 Å². The molecule has 2 N–H and O–H groups in total. The summed E-state index contributed by atoms with van der Waals surface area (Å²) in [5, 5.41) is 0.940. The molecule has 1 aromatic heterocycles. The van der Waals surface area contributed by atoms with Gasteiger partial charge in [-0.15, -0.1) is 11.3 Å². The zero-order valence-corrected chi connectivity index (χ0v) is 11.4. The van der Waals surface area contributed by atoms with Crippen LogP contribution in [0.2, 0.25) is 0 Å². The fourth-order valence-electron chi connectivity index (χ4n) is 1.73. The molecular weight excluding hydrogens is 246 g/mol. The predicted molar refractivity (Wildman–Crippen MR) is 74.4 cm³/mol. The third-order valence-electron chi connectivity index (χ3n) is 2.84. The highest BCUT2D eigenvalue weighted by Gasteiger charge is 2.17. The molecular formula is C13H17N3OS. The van der Waals surface area contributed by atoms with E-state index in [1.165, 1.54) is 0 Å². The minimum atomic E-state index is -0.413. The molecule has 0 fully saturated rings. The van der Waals surface area contributed by atoms with Gasteiger partial charge in [-0.3, -0.25) is 4.79 Å².